The van der Waals surface area contributed by atoms with Crippen LogP contribution in [0.4, 0.5) is 0 Å². The van der Waals surface area contributed by atoms with E-state index in [1.807, 2.05) is 53.1 Å². The van der Waals surface area contributed by atoms with Gasteiger partial charge in [0.1, 0.15) is 5.75 Å². The molecule has 2 aromatic heterocycles. The molecule has 0 aliphatic heterocycles. The Bertz CT molecular complexity index is 1160. The van der Waals surface area contributed by atoms with Crippen LogP contribution in [0.15, 0.2) is 58.5 Å². The predicted molar refractivity (Wildman–Crippen MR) is 119 cm³/mol. The third-order valence-corrected chi connectivity index (χ3v) is 6.61. The highest BCUT2D eigenvalue weighted by atomic mass is 32.2. The summed E-state index contributed by atoms with van der Waals surface area (Å²) in [6.07, 6.45) is 2.25. The minimum atomic E-state index is 0.00988. The van der Waals surface area contributed by atoms with Gasteiger partial charge in [-0.25, -0.2) is 0 Å². The fourth-order valence-corrected chi connectivity index (χ4v) is 5.04. The third kappa shape index (κ3) is 4.09. The molecule has 2 aromatic carbocycles. The molecule has 0 unspecified atom stereocenters. The normalized spacial score (nSPS) is 11.2. The molecule has 0 radical (unpaired) electrons. The fourth-order valence-electron chi connectivity index (χ4n) is 3.10. The topological polar surface area (TPSA) is 61.9 Å². The quantitative estimate of drug-likeness (QED) is 0.305. The zero-order valence-electron chi connectivity index (χ0n) is 16.4. The second kappa shape index (κ2) is 8.84. The first-order chi connectivity index (χ1) is 14.2. The highest BCUT2D eigenvalue weighted by Gasteiger charge is 2.17. The number of aromatic nitrogens is 4. The molecular formula is C21H22N4O2S2. The zero-order chi connectivity index (χ0) is 20.2. The van der Waals surface area contributed by atoms with Gasteiger partial charge in [-0.2, -0.15) is 0 Å². The number of thioether (sulfide) groups is 1. The van der Waals surface area contributed by atoms with Gasteiger partial charge in [-0.15, -0.1) is 10.2 Å². The Morgan fingerprint density at radius 1 is 1.10 bits per heavy atom. The van der Waals surface area contributed by atoms with E-state index in [1.165, 1.54) is 11.3 Å². The number of para-hydroxylation sites is 1. The highest BCUT2D eigenvalue weighted by molar-refractivity contribution is 7.99. The lowest BCUT2D eigenvalue weighted by molar-refractivity contribution is 0.414. The standard InChI is InChI=1S/C21H22N4O2S2/c1-3-4-13-28-20-23-22-19(25(20)15-9-11-16(27-2)12-10-15)14-24-17-7-5-6-8-18(17)29-21(24)26/h5-12H,3-4,13-14H2,1-2H3. The molecule has 0 amide bonds. The van der Waals surface area contributed by atoms with Crippen LogP contribution in [0.5, 0.6) is 5.75 Å². The zero-order valence-corrected chi connectivity index (χ0v) is 18.0. The Balaban J connectivity index is 1.75. The van der Waals surface area contributed by atoms with Crippen LogP contribution in [0, 0.1) is 0 Å². The lowest BCUT2D eigenvalue weighted by Crippen LogP contribution is -2.16. The molecule has 2 heterocycles. The number of methoxy groups -OCH3 is 1. The van der Waals surface area contributed by atoms with Gasteiger partial charge in [-0.05, 0) is 42.8 Å². The molecule has 0 spiro atoms. The van der Waals surface area contributed by atoms with E-state index in [9.17, 15) is 4.79 Å². The van der Waals surface area contributed by atoms with Crippen LogP contribution in [0.25, 0.3) is 15.9 Å². The molecule has 0 bridgehead atoms. The maximum absolute atomic E-state index is 12.6. The van der Waals surface area contributed by atoms with E-state index < -0.39 is 0 Å². The molecule has 29 heavy (non-hydrogen) atoms. The van der Waals surface area contributed by atoms with Crippen molar-refractivity contribution in [2.75, 3.05) is 12.9 Å². The van der Waals surface area contributed by atoms with Crippen molar-refractivity contribution in [2.45, 2.75) is 31.5 Å². The van der Waals surface area contributed by atoms with Gasteiger partial charge in [-0.3, -0.25) is 13.9 Å². The molecule has 8 heteroatoms. The van der Waals surface area contributed by atoms with Crippen LogP contribution in [-0.4, -0.2) is 32.2 Å². The van der Waals surface area contributed by atoms with Crippen molar-refractivity contribution in [1.82, 2.24) is 19.3 Å². The molecule has 6 nitrogen and oxygen atoms in total. The molecule has 0 aliphatic rings. The number of hydrogen-bond acceptors (Lipinski definition) is 6. The maximum Gasteiger partial charge on any atom is 0.308 e. The Hall–Kier alpha value is -2.58. The average molecular weight is 427 g/mol. The summed E-state index contributed by atoms with van der Waals surface area (Å²) < 4.78 is 10.1. The van der Waals surface area contributed by atoms with Gasteiger partial charge in [0.2, 0.25) is 0 Å². The maximum atomic E-state index is 12.6. The molecule has 0 N–H and O–H groups in total. The second-order valence-corrected chi connectivity index (χ2v) is 8.61. The predicted octanol–water partition coefficient (Wildman–Crippen LogP) is 4.59. The monoisotopic (exact) mass is 426 g/mol. The van der Waals surface area contributed by atoms with Gasteiger partial charge >= 0.3 is 4.87 Å². The highest BCUT2D eigenvalue weighted by Crippen LogP contribution is 2.26. The second-order valence-electron chi connectivity index (χ2n) is 6.56. The van der Waals surface area contributed by atoms with Gasteiger partial charge in [0.15, 0.2) is 11.0 Å². The third-order valence-electron chi connectivity index (χ3n) is 4.63. The van der Waals surface area contributed by atoms with E-state index in [0.29, 0.717) is 6.54 Å². The summed E-state index contributed by atoms with van der Waals surface area (Å²) in [7, 11) is 1.65. The minimum absolute atomic E-state index is 0.00988. The summed E-state index contributed by atoms with van der Waals surface area (Å²) >= 11 is 2.95. The van der Waals surface area contributed by atoms with Crippen LogP contribution in [0.2, 0.25) is 0 Å². The summed E-state index contributed by atoms with van der Waals surface area (Å²) in [4.78, 5) is 12.6. The summed E-state index contributed by atoms with van der Waals surface area (Å²) in [5, 5.41) is 9.71. The van der Waals surface area contributed by atoms with Crippen molar-refractivity contribution in [2.24, 2.45) is 0 Å². The van der Waals surface area contributed by atoms with E-state index in [0.717, 1.165) is 51.2 Å². The summed E-state index contributed by atoms with van der Waals surface area (Å²) in [5.74, 6) is 2.51. The molecule has 0 aliphatic carbocycles. The molecule has 0 saturated heterocycles. The molecular weight excluding hydrogens is 404 g/mol. The van der Waals surface area contributed by atoms with Crippen molar-refractivity contribution in [3.8, 4) is 11.4 Å². The van der Waals surface area contributed by atoms with Crippen molar-refractivity contribution in [1.29, 1.82) is 0 Å². The van der Waals surface area contributed by atoms with E-state index >= 15 is 0 Å². The van der Waals surface area contributed by atoms with E-state index in [1.54, 1.807) is 23.4 Å². The van der Waals surface area contributed by atoms with Crippen molar-refractivity contribution in [3.05, 3.63) is 64.0 Å². The first-order valence-corrected chi connectivity index (χ1v) is 11.3. The molecule has 4 aromatic rings. The first-order valence-electron chi connectivity index (χ1n) is 9.51. The lowest BCUT2D eigenvalue weighted by atomic mass is 10.3. The van der Waals surface area contributed by atoms with Crippen LogP contribution >= 0.6 is 23.1 Å². The Morgan fingerprint density at radius 3 is 2.66 bits per heavy atom. The summed E-state index contributed by atoms with van der Waals surface area (Å²) in [6, 6.07) is 15.7. The molecule has 150 valence electrons. The van der Waals surface area contributed by atoms with Crippen LogP contribution in [0.3, 0.4) is 0 Å². The minimum Gasteiger partial charge on any atom is -0.497 e. The Labute approximate surface area is 177 Å². The first kappa shape index (κ1) is 19.7. The average Bonchev–Trinajstić information content (AvgIpc) is 3.29. The number of hydrogen-bond donors (Lipinski definition) is 0. The number of ether oxygens (including phenoxy) is 1. The molecule has 4 rings (SSSR count). The number of benzene rings is 2. The van der Waals surface area contributed by atoms with Crippen molar-refractivity contribution >= 4 is 33.3 Å². The summed E-state index contributed by atoms with van der Waals surface area (Å²) in [5.41, 5.74) is 1.88. The fraction of sp³-hybridized carbons (Fsp3) is 0.286. The van der Waals surface area contributed by atoms with Gasteiger partial charge in [0, 0.05) is 11.4 Å². The van der Waals surface area contributed by atoms with E-state index in [2.05, 4.69) is 17.1 Å². The van der Waals surface area contributed by atoms with E-state index in [-0.39, 0.29) is 4.87 Å². The number of unbranched alkanes of at least 4 members (excludes halogenated alkanes) is 1. The van der Waals surface area contributed by atoms with Gasteiger partial charge in [0.05, 0.1) is 23.9 Å². The van der Waals surface area contributed by atoms with Gasteiger partial charge < -0.3 is 4.74 Å². The van der Waals surface area contributed by atoms with Gasteiger partial charge in [-0.1, -0.05) is 48.6 Å². The SMILES string of the molecule is CCCCSc1nnc(Cn2c(=O)sc3ccccc32)n1-c1ccc(OC)cc1. The Kier molecular flexibility index (Phi) is 6.01. The molecule has 0 fully saturated rings. The van der Waals surface area contributed by atoms with Crippen LogP contribution in [0.1, 0.15) is 25.6 Å². The number of rotatable bonds is 8. The van der Waals surface area contributed by atoms with Crippen LogP contribution in [-0.2, 0) is 6.54 Å². The smallest absolute Gasteiger partial charge is 0.308 e. The largest absolute Gasteiger partial charge is 0.497 e. The molecule has 0 saturated carbocycles. The number of thiazole rings is 1. The van der Waals surface area contributed by atoms with Crippen LogP contribution < -0.4 is 9.61 Å². The van der Waals surface area contributed by atoms with Gasteiger partial charge in [0.25, 0.3) is 0 Å². The number of nitrogens with zero attached hydrogens (tertiary/aromatic N) is 4. The lowest BCUT2D eigenvalue weighted by Gasteiger charge is -2.11. The van der Waals surface area contributed by atoms with E-state index in [4.69, 9.17) is 4.74 Å². The summed E-state index contributed by atoms with van der Waals surface area (Å²) in [6.45, 7) is 2.55. The van der Waals surface area contributed by atoms with Crippen molar-refractivity contribution in [3.63, 3.8) is 0 Å². The van der Waals surface area contributed by atoms with Crippen molar-refractivity contribution < 1.29 is 4.74 Å². The Morgan fingerprint density at radius 2 is 1.90 bits per heavy atom. The number of fused-ring (bicyclic) bond motifs is 1. The molecule has 0 atom stereocenters.